The van der Waals surface area contributed by atoms with Crippen molar-refractivity contribution < 1.29 is 0 Å². The van der Waals surface area contributed by atoms with E-state index in [4.69, 9.17) is 0 Å². The average molecular weight is 232 g/mol. The summed E-state index contributed by atoms with van der Waals surface area (Å²) < 4.78 is 0. The van der Waals surface area contributed by atoms with Gasteiger partial charge in [0.2, 0.25) is 0 Å². The Balaban J connectivity index is 1.89. The van der Waals surface area contributed by atoms with Gasteiger partial charge in [0.15, 0.2) is 0 Å². The van der Waals surface area contributed by atoms with Gasteiger partial charge < -0.3 is 5.32 Å². The van der Waals surface area contributed by atoms with Crippen molar-refractivity contribution in [2.24, 2.45) is 11.8 Å². The van der Waals surface area contributed by atoms with Crippen LogP contribution < -0.4 is 5.32 Å². The molecule has 0 spiro atoms. The fourth-order valence-corrected chi connectivity index (χ4v) is 2.80. The molecular formula is C15H24N2. The van der Waals surface area contributed by atoms with E-state index in [1.807, 2.05) is 12.4 Å². The summed E-state index contributed by atoms with van der Waals surface area (Å²) in [4.78, 5) is 4.07. The molecule has 0 saturated heterocycles. The molecular weight excluding hydrogens is 208 g/mol. The monoisotopic (exact) mass is 232 g/mol. The highest BCUT2D eigenvalue weighted by molar-refractivity contribution is 5.14. The molecule has 1 aliphatic carbocycles. The van der Waals surface area contributed by atoms with Gasteiger partial charge in [-0.3, -0.25) is 4.98 Å². The van der Waals surface area contributed by atoms with Crippen LogP contribution in [0.5, 0.6) is 0 Å². The highest BCUT2D eigenvalue weighted by atomic mass is 14.9. The van der Waals surface area contributed by atoms with Crippen LogP contribution in [-0.4, -0.2) is 11.0 Å². The molecule has 1 aromatic heterocycles. The molecule has 0 bridgehead atoms. The molecule has 2 nitrogen and oxygen atoms in total. The maximum atomic E-state index is 4.07. The third-order valence-corrected chi connectivity index (χ3v) is 4.29. The Labute approximate surface area is 105 Å². The Hall–Kier alpha value is -0.890. The van der Waals surface area contributed by atoms with Crippen LogP contribution in [0.25, 0.3) is 0 Å². The third-order valence-electron chi connectivity index (χ3n) is 4.29. The standard InChI is InChI=1S/C15H24N2/c1-11-4-5-15(10-12(11)2)17-13(3)14-6-8-16-9-7-14/h6-9,11-13,15,17H,4-5,10H2,1-3H3. The maximum Gasteiger partial charge on any atom is 0.0295 e. The first-order valence-corrected chi connectivity index (χ1v) is 6.82. The topological polar surface area (TPSA) is 24.9 Å². The number of rotatable bonds is 3. The van der Waals surface area contributed by atoms with E-state index in [0.717, 1.165) is 11.8 Å². The number of aromatic nitrogens is 1. The van der Waals surface area contributed by atoms with Gasteiger partial charge in [-0.2, -0.15) is 0 Å². The van der Waals surface area contributed by atoms with Crippen LogP contribution in [0.15, 0.2) is 24.5 Å². The van der Waals surface area contributed by atoms with E-state index in [1.165, 1.54) is 24.8 Å². The van der Waals surface area contributed by atoms with E-state index in [1.54, 1.807) is 0 Å². The van der Waals surface area contributed by atoms with E-state index in [0.29, 0.717) is 12.1 Å². The zero-order valence-electron chi connectivity index (χ0n) is 11.2. The van der Waals surface area contributed by atoms with E-state index >= 15 is 0 Å². The number of nitrogens with one attached hydrogen (secondary N) is 1. The Bertz CT molecular complexity index is 336. The van der Waals surface area contributed by atoms with E-state index in [9.17, 15) is 0 Å². The van der Waals surface area contributed by atoms with Crippen molar-refractivity contribution in [1.82, 2.24) is 10.3 Å². The van der Waals surface area contributed by atoms with Crippen molar-refractivity contribution in [3.8, 4) is 0 Å². The summed E-state index contributed by atoms with van der Waals surface area (Å²) in [6.45, 7) is 7.01. The van der Waals surface area contributed by atoms with Gasteiger partial charge >= 0.3 is 0 Å². The van der Waals surface area contributed by atoms with Crippen LogP contribution in [-0.2, 0) is 0 Å². The molecule has 0 amide bonds. The van der Waals surface area contributed by atoms with Crippen molar-refractivity contribution in [2.75, 3.05) is 0 Å². The van der Waals surface area contributed by atoms with Crippen LogP contribution in [0.2, 0.25) is 0 Å². The minimum Gasteiger partial charge on any atom is -0.307 e. The number of nitrogens with zero attached hydrogens (tertiary/aromatic N) is 1. The third kappa shape index (κ3) is 3.29. The van der Waals surface area contributed by atoms with Crippen molar-refractivity contribution >= 4 is 0 Å². The largest absolute Gasteiger partial charge is 0.307 e. The summed E-state index contributed by atoms with van der Waals surface area (Å²) in [6, 6.07) is 5.33. The van der Waals surface area contributed by atoms with Gasteiger partial charge in [0.25, 0.3) is 0 Å². The summed E-state index contributed by atoms with van der Waals surface area (Å²) >= 11 is 0. The lowest BCUT2D eigenvalue weighted by atomic mass is 9.79. The molecule has 0 aromatic carbocycles. The second-order valence-electron chi connectivity index (χ2n) is 5.63. The second kappa shape index (κ2) is 5.63. The first-order chi connectivity index (χ1) is 8.16. The molecule has 0 aliphatic heterocycles. The molecule has 1 heterocycles. The molecule has 17 heavy (non-hydrogen) atoms. The summed E-state index contributed by atoms with van der Waals surface area (Å²) in [7, 11) is 0. The zero-order valence-corrected chi connectivity index (χ0v) is 11.2. The highest BCUT2D eigenvalue weighted by Crippen LogP contribution is 2.30. The van der Waals surface area contributed by atoms with Gasteiger partial charge in [-0.1, -0.05) is 13.8 Å². The fraction of sp³-hybridized carbons (Fsp3) is 0.667. The van der Waals surface area contributed by atoms with Gasteiger partial charge in [-0.25, -0.2) is 0 Å². The Morgan fingerprint density at radius 3 is 2.53 bits per heavy atom. The molecule has 1 aromatic rings. The molecule has 2 heteroatoms. The summed E-state index contributed by atoms with van der Waals surface area (Å²) in [5.41, 5.74) is 1.34. The predicted molar refractivity (Wildman–Crippen MR) is 71.8 cm³/mol. The van der Waals surface area contributed by atoms with Crippen LogP contribution in [0.4, 0.5) is 0 Å². The molecule has 1 N–H and O–H groups in total. The van der Waals surface area contributed by atoms with Crippen LogP contribution in [0.3, 0.4) is 0 Å². The lowest BCUT2D eigenvalue weighted by molar-refractivity contribution is 0.217. The quantitative estimate of drug-likeness (QED) is 0.862. The molecule has 2 rings (SSSR count). The Kier molecular flexibility index (Phi) is 4.16. The Morgan fingerprint density at radius 2 is 1.88 bits per heavy atom. The smallest absolute Gasteiger partial charge is 0.0295 e. The Morgan fingerprint density at radius 1 is 1.18 bits per heavy atom. The molecule has 94 valence electrons. The summed E-state index contributed by atoms with van der Waals surface area (Å²) in [5, 5.41) is 3.76. The molecule has 0 radical (unpaired) electrons. The van der Waals surface area contributed by atoms with Crippen molar-refractivity contribution in [3.05, 3.63) is 30.1 Å². The molecule has 4 atom stereocenters. The number of hydrogen-bond acceptors (Lipinski definition) is 2. The molecule has 1 fully saturated rings. The minimum atomic E-state index is 0.434. The normalized spacial score (nSPS) is 31.1. The lowest BCUT2D eigenvalue weighted by Crippen LogP contribution is -2.37. The van der Waals surface area contributed by atoms with Crippen molar-refractivity contribution in [3.63, 3.8) is 0 Å². The van der Waals surface area contributed by atoms with Gasteiger partial charge in [0.1, 0.15) is 0 Å². The van der Waals surface area contributed by atoms with Crippen LogP contribution >= 0.6 is 0 Å². The lowest BCUT2D eigenvalue weighted by Gasteiger charge is -2.34. The van der Waals surface area contributed by atoms with Gasteiger partial charge in [-0.15, -0.1) is 0 Å². The van der Waals surface area contributed by atoms with Gasteiger partial charge in [-0.05, 0) is 55.7 Å². The maximum absolute atomic E-state index is 4.07. The molecule has 1 saturated carbocycles. The summed E-state index contributed by atoms with van der Waals surface area (Å²) in [6.07, 6.45) is 7.75. The highest BCUT2D eigenvalue weighted by Gasteiger charge is 2.25. The van der Waals surface area contributed by atoms with Crippen molar-refractivity contribution in [1.29, 1.82) is 0 Å². The van der Waals surface area contributed by atoms with E-state index in [-0.39, 0.29) is 0 Å². The fourth-order valence-electron chi connectivity index (χ4n) is 2.80. The SMILES string of the molecule is CC(NC1CCC(C)C(C)C1)c1ccncc1. The summed E-state index contributed by atoms with van der Waals surface area (Å²) in [5.74, 6) is 1.75. The predicted octanol–water partition coefficient (Wildman–Crippen LogP) is 3.56. The minimum absolute atomic E-state index is 0.434. The molecule has 4 unspecified atom stereocenters. The first kappa shape index (κ1) is 12.6. The molecule has 1 aliphatic rings. The van der Waals surface area contributed by atoms with Gasteiger partial charge in [0, 0.05) is 24.5 Å². The van der Waals surface area contributed by atoms with E-state index in [2.05, 4.69) is 43.2 Å². The second-order valence-corrected chi connectivity index (χ2v) is 5.63. The van der Waals surface area contributed by atoms with Crippen LogP contribution in [0.1, 0.15) is 51.6 Å². The zero-order chi connectivity index (χ0) is 12.3. The first-order valence-electron chi connectivity index (χ1n) is 6.82. The van der Waals surface area contributed by atoms with Crippen LogP contribution in [0, 0.1) is 11.8 Å². The van der Waals surface area contributed by atoms with Gasteiger partial charge in [0.05, 0.1) is 0 Å². The average Bonchev–Trinajstić information content (AvgIpc) is 2.35. The van der Waals surface area contributed by atoms with E-state index < -0.39 is 0 Å². The number of hydrogen-bond donors (Lipinski definition) is 1. The van der Waals surface area contributed by atoms with Crippen molar-refractivity contribution in [2.45, 2.75) is 52.1 Å². The number of pyridine rings is 1.